The molecule has 0 fully saturated rings. The second kappa shape index (κ2) is 11.0. The van der Waals surface area contributed by atoms with Gasteiger partial charge in [-0.05, 0) is 30.3 Å². The zero-order chi connectivity index (χ0) is 30.2. The van der Waals surface area contributed by atoms with Gasteiger partial charge in [-0.1, -0.05) is 140 Å². The number of nitrogens with zero attached hydrogens (tertiary/aromatic N) is 3. The van der Waals surface area contributed by atoms with Crippen molar-refractivity contribution in [2.45, 2.75) is 5.60 Å². The fourth-order valence-corrected chi connectivity index (χ4v) is 6.50. The number of benzene rings is 6. The molecule has 1 aliphatic carbocycles. The molecule has 4 nitrogen and oxygen atoms in total. The van der Waals surface area contributed by atoms with Crippen molar-refractivity contribution in [2.24, 2.45) is 0 Å². The van der Waals surface area contributed by atoms with E-state index in [9.17, 15) is 5.11 Å². The van der Waals surface area contributed by atoms with Crippen molar-refractivity contribution in [3.8, 4) is 33.9 Å². The number of para-hydroxylation sites is 3. The van der Waals surface area contributed by atoms with Crippen molar-refractivity contribution in [1.82, 2.24) is 9.97 Å². The SMILES string of the molecule is OC1(c2ccccc2N(c2ccccc2)c2ccccc2)c2ccccc2-c2nc(-c3ccccc3)nc(-c3ccccc3)c21. The molecule has 0 saturated heterocycles. The first-order valence-electron chi connectivity index (χ1n) is 15.1. The third-order valence-corrected chi connectivity index (χ3v) is 8.49. The average Bonchev–Trinajstić information content (AvgIpc) is 3.38. The van der Waals surface area contributed by atoms with Crippen LogP contribution in [0.1, 0.15) is 16.7 Å². The minimum Gasteiger partial charge on any atom is -0.376 e. The van der Waals surface area contributed by atoms with Crippen molar-refractivity contribution in [1.29, 1.82) is 0 Å². The molecule has 1 unspecified atom stereocenters. The van der Waals surface area contributed by atoms with Gasteiger partial charge in [0.15, 0.2) is 5.82 Å². The maximum Gasteiger partial charge on any atom is 0.160 e. The summed E-state index contributed by atoms with van der Waals surface area (Å²) in [7, 11) is 0. The minimum absolute atomic E-state index is 0.621. The van der Waals surface area contributed by atoms with E-state index in [4.69, 9.17) is 9.97 Å². The van der Waals surface area contributed by atoms with Gasteiger partial charge in [-0.15, -0.1) is 0 Å². The van der Waals surface area contributed by atoms with E-state index in [0.717, 1.165) is 50.6 Å². The Morgan fingerprint density at radius 1 is 0.444 bits per heavy atom. The molecule has 0 saturated carbocycles. The summed E-state index contributed by atoms with van der Waals surface area (Å²) < 4.78 is 0. The lowest BCUT2D eigenvalue weighted by molar-refractivity contribution is 0.131. The van der Waals surface area contributed by atoms with Crippen LogP contribution in [0.5, 0.6) is 0 Å². The molecule has 7 aromatic rings. The van der Waals surface area contributed by atoms with E-state index in [1.807, 2.05) is 133 Å². The number of aromatic nitrogens is 2. The topological polar surface area (TPSA) is 49.2 Å². The highest BCUT2D eigenvalue weighted by Gasteiger charge is 2.48. The Kier molecular flexibility index (Phi) is 6.55. The third-order valence-electron chi connectivity index (χ3n) is 8.49. The quantitative estimate of drug-likeness (QED) is 0.213. The molecule has 0 amide bonds. The molecule has 6 aromatic carbocycles. The lowest BCUT2D eigenvalue weighted by Gasteiger charge is -2.34. The molecule has 214 valence electrons. The number of fused-ring (bicyclic) bond motifs is 3. The van der Waals surface area contributed by atoms with Crippen LogP contribution in [0.3, 0.4) is 0 Å². The fraction of sp³-hybridized carbons (Fsp3) is 0.0244. The summed E-state index contributed by atoms with van der Waals surface area (Å²) in [6.07, 6.45) is 0. The van der Waals surface area contributed by atoms with E-state index in [1.165, 1.54) is 0 Å². The van der Waals surface area contributed by atoms with Crippen LogP contribution in [0, 0.1) is 0 Å². The largest absolute Gasteiger partial charge is 0.376 e. The van der Waals surface area contributed by atoms with Crippen LogP contribution in [0.2, 0.25) is 0 Å². The summed E-state index contributed by atoms with van der Waals surface area (Å²) in [6.45, 7) is 0. The van der Waals surface area contributed by atoms with Gasteiger partial charge >= 0.3 is 0 Å². The normalized spacial score (nSPS) is 14.9. The molecule has 0 aliphatic heterocycles. The Morgan fingerprint density at radius 3 is 1.53 bits per heavy atom. The van der Waals surface area contributed by atoms with Gasteiger partial charge in [-0.3, -0.25) is 0 Å². The van der Waals surface area contributed by atoms with E-state index >= 15 is 0 Å². The summed E-state index contributed by atoms with van der Waals surface area (Å²) in [5.74, 6) is 0.621. The summed E-state index contributed by atoms with van der Waals surface area (Å²) >= 11 is 0. The van der Waals surface area contributed by atoms with Gasteiger partial charge in [0, 0.05) is 44.8 Å². The summed E-state index contributed by atoms with van der Waals surface area (Å²) in [5, 5.41) is 13.5. The highest BCUT2D eigenvalue weighted by molar-refractivity contribution is 5.90. The Hall–Kier alpha value is -5.84. The Balaban J connectivity index is 1.45. The van der Waals surface area contributed by atoms with Crippen LogP contribution in [0.4, 0.5) is 17.1 Å². The van der Waals surface area contributed by atoms with Crippen molar-refractivity contribution in [3.05, 3.63) is 187 Å². The number of rotatable bonds is 6. The first-order chi connectivity index (χ1) is 22.2. The third kappa shape index (κ3) is 4.43. The molecule has 1 aromatic heterocycles. The molecule has 0 bridgehead atoms. The van der Waals surface area contributed by atoms with E-state index in [1.54, 1.807) is 0 Å². The molecule has 0 radical (unpaired) electrons. The molecule has 8 rings (SSSR count). The predicted octanol–water partition coefficient (Wildman–Crippen LogP) is 9.54. The first kappa shape index (κ1) is 26.8. The van der Waals surface area contributed by atoms with Crippen LogP contribution in [0.15, 0.2) is 170 Å². The van der Waals surface area contributed by atoms with Gasteiger partial charge in [0.05, 0.1) is 17.1 Å². The summed E-state index contributed by atoms with van der Waals surface area (Å²) in [4.78, 5) is 12.6. The number of anilines is 3. The van der Waals surface area contributed by atoms with E-state index in [2.05, 4.69) is 41.3 Å². The molecule has 4 heteroatoms. The van der Waals surface area contributed by atoms with Crippen LogP contribution in [0.25, 0.3) is 33.9 Å². The van der Waals surface area contributed by atoms with Crippen molar-refractivity contribution in [3.63, 3.8) is 0 Å². The van der Waals surface area contributed by atoms with Crippen LogP contribution in [-0.2, 0) is 5.60 Å². The van der Waals surface area contributed by atoms with Crippen molar-refractivity contribution < 1.29 is 5.11 Å². The zero-order valence-corrected chi connectivity index (χ0v) is 24.5. The van der Waals surface area contributed by atoms with Gasteiger partial charge in [0.25, 0.3) is 0 Å². The van der Waals surface area contributed by atoms with Crippen LogP contribution >= 0.6 is 0 Å². The predicted molar refractivity (Wildman–Crippen MR) is 182 cm³/mol. The standard InChI is InChI=1S/C41H29N3O/c45-41(35-27-15-16-28-36(35)44(31-21-9-3-10-22-31)32-23-11-4-12-24-32)34-26-14-13-25-33(34)39-37(41)38(29-17-5-1-6-18-29)42-40(43-39)30-19-7-2-8-20-30/h1-28,45H. The van der Waals surface area contributed by atoms with E-state index < -0.39 is 5.60 Å². The summed E-state index contributed by atoms with van der Waals surface area (Å²) in [6, 6.07) is 56.9. The van der Waals surface area contributed by atoms with Gasteiger partial charge < -0.3 is 10.0 Å². The Morgan fingerprint density at radius 2 is 0.911 bits per heavy atom. The van der Waals surface area contributed by atoms with E-state index in [0.29, 0.717) is 17.1 Å². The summed E-state index contributed by atoms with van der Waals surface area (Å²) in [5.41, 5.74) is 7.69. The van der Waals surface area contributed by atoms with Gasteiger partial charge in [-0.25, -0.2) is 9.97 Å². The number of hydrogen-bond acceptors (Lipinski definition) is 4. The van der Waals surface area contributed by atoms with Crippen LogP contribution in [-0.4, -0.2) is 15.1 Å². The van der Waals surface area contributed by atoms with Crippen molar-refractivity contribution >= 4 is 17.1 Å². The smallest absolute Gasteiger partial charge is 0.160 e. The molecular formula is C41H29N3O. The molecule has 45 heavy (non-hydrogen) atoms. The zero-order valence-electron chi connectivity index (χ0n) is 24.5. The second-order valence-corrected chi connectivity index (χ2v) is 11.1. The van der Waals surface area contributed by atoms with Crippen LogP contribution < -0.4 is 4.90 Å². The van der Waals surface area contributed by atoms with E-state index in [-0.39, 0.29) is 0 Å². The second-order valence-electron chi connectivity index (χ2n) is 11.1. The fourth-order valence-electron chi connectivity index (χ4n) is 6.50. The lowest BCUT2D eigenvalue weighted by Crippen LogP contribution is -2.30. The maximum atomic E-state index is 13.5. The van der Waals surface area contributed by atoms with Gasteiger partial charge in [-0.2, -0.15) is 0 Å². The Labute approximate surface area is 262 Å². The molecule has 0 spiro atoms. The number of aliphatic hydroxyl groups is 1. The Bertz CT molecular complexity index is 2080. The first-order valence-corrected chi connectivity index (χ1v) is 15.1. The van der Waals surface area contributed by atoms with Crippen molar-refractivity contribution in [2.75, 3.05) is 4.90 Å². The minimum atomic E-state index is -1.55. The highest BCUT2D eigenvalue weighted by Crippen LogP contribution is 2.56. The van der Waals surface area contributed by atoms with Gasteiger partial charge in [0.2, 0.25) is 0 Å². The molecule has 1 N–H and O–H groups in total. The molecular weight excluding hydrogens is 550 g/mol. The number of hydrogen-bond donors (Lipinski definition) is 1. The average molecular weight is 580 g/mol. The maximum absolute atomic E-state index is 13.5. The lowest BCUT2D eigenvalue weighted by atomic mass is 9.81. The highest BCUT2D eigenvalue weighted by atomic mass is 16.3. The monoisotopic (exact) mass is 579 g/mol. The van der Waals surface area contributed by atoms with Gasteiger partial charge in [0.1, 0.15) is 5.60 Å². The molecule has 1 atom stereocenters. The molecule has 1 heterocycles. The molecule has 1 aliphatic rings.